The van der Waals surface area contributed by atoms with Gasteiger partial charge in [-0.1, -0.05) is 43.7 Å². The Labute approximate surface area is 149 Å². The Kier molecular flexibility index (Phi) is 6.60. The van der Waals surface area contributed by atoms with Crippen molar-refractivity contribution >= 4 is 5.91 Å². The predicted molar refractivity (Wildman–Crippen MR) is 89.0 cm³/mol. The Morgan fingerprint density at radius 1 is 1.15 bits per heavy atom. The molecule has 0 bridgehead atoms. The van der Waals surface area contributed by atoms with E-state index in [0.717, 1.165) is 11.6 Å². The average Bonchev–Trinajstić information content (AvgIpc) is 2.60. The van der Waals surface area contributed by atoms with E-state index in [4.69, 9.17) is 4.74 Å². The summed E-state index contributed by atoms with van der Waals surface area (Å²) in [6.07, 6.45) is -4.88. The highest BCUT2D eigenvalue weighted by molar-refractivity contribution is 5.81. The highest BCUT2D eigenvalue weighted by atomic mass is 19.4. The van der Waals surface area contributed by atoms with E-state index in [9.17, 15) is 22.4 Å². The van der Waals surface area contributed by atoms with Gasteiger partial charge in [-0.25, -0.2) is 4.39 Å². The highest BCUT2D eigenvalue weighted by Crippen LogP contribution is 2.34. The molecule has 0 aliphatic heterocycles. The monoisotopic (exact) mass is 369 g/mol. The zero-order chi connectivity index (χ0) is 19.2. The van der Waals surface area contributed by atoms with Gasteiger partial charge in [-0.05, 0) is 30.2 Å². The number of amides is 1. The van der Waals surface area contributed by atoms with Crippen LogP contribution in [0.3, 0.4) is 0 Å². The molecule has 1 atom stereocenters. The fraction of sp³-hybridized carbons (Fsp3) is 0.316. The number of carbonyl (C=O) groups is 1. The first kappa shape index (κ1) is 19.8. The van der Waals surface area contributed by atoms with Crippen molar-refractivity contribution in [2.24, 2.45) is 0 Å². The highest BCUT2D eigenvalue weighted by Gasteiger charge is 2.34. The SMILES string of the molecule is CCC[C@H](Oc1ccc(F)c(C(F)(F)F)c1)C(=O)NCc1ccccc1. The number of ether oxygens (including phenoxy) is 1. The number of halogens is 4. The van der Waals surface area contributed by atoms with Gasteiger partial charge in [-0.2, -0.15) is 13.2 Å². The van der Waals surface area contributed by atoms with Crippen molar-refractivity contribution in [3.63, 3.8) is 0 Å². The summed E-state index contributed by atoms with van der Waals surface area (Å²) < 4.78 is 57.2. The predicted octanol–water partition coefficient (Wildman–Crippen LogP) is 4.71. The average molecular weight is 369 g/mol. The van der Waals surface area contributed by atoms with Crippen molar-refractivity contribution in [3.8, 4) is 5.75 Å². The minimum absolute atomic E-state index is 0.202. The van der Waals surface area contributed by atoms with E-state index in [1.165, 1.54) is 0 Å². The summed E-state index contributed by atoms with van der Waals surface area (Å²) in [6.45, 7) is 2.10. The van der Waals surface area contributed by atoms with Crippen LogP contribution >= 0.6 is 0 Å². The molecule has 2 aromatic rings. The van der Waals surface area contributed by atoms with E-state index in [1.807, 2.05) is 37.3 Å². The molecule has 0 spiro atoms. The molecule has 2 aromatic carbocycles. The van der Waals surface area contributed by atoms with Crippen LogP contribution in [0.5, 0.6) is 5.75 Å². The third-order valence-electron chi connectivity index (χ3n) is 3.67. The van der Waals surface area contributed by atoms with Gasteiger partial charge < -0.3 is 10.1 Å². The Balaban J connectivity index is 2.08. The number of nitrogens with one attached hydrogen (secondary N) is 1. The quantitative estimate of drug-likeness (QED) is 0.718. The Bertz CT molecular complexity index is 732. The van der Waals surface area contributed by atoms with E-state index in [0.29, 0.717) is 25.0 Å². The number of rotatable bonds is 7. The van der Waals surface area contributed by atoms with Crippen LogP contribution in [0.15, 0.2) is 48.5 Å². The second kappa shape index (κ2) is 8.69. The second-order valence-corrected chi connectivity index (χ2v) is 5.74. The second-order valence-electron chi connectivity index (χ2n) is 5.74. The molecule has 140 valence electrons. The van der Waals surface area contributed by atoms with Crippen LogP contribution in [0.1, 0.15) is 30.9 Å². The lowest BCUT2D eigenvalue weighted by Gasteiger charge is -2.19. The Morgan fingerprint density at radius 3 is 2.46 bits per heavy atom. The largest absolute Gasteiger partial charge is 0.481 e. The van der Waals surface area contributed by atoms with Crippen LogP contribution in [-0.4, -0.2) is 12.0 Å². The number of benzene rings is 2. The first-order valence-corrected chi connectivity index (χ1v) is 8.16. The lowest BCUT2D eigenvalue weighted by molar-refractivity contribution is -0.140. The molecule has 0 heterocycles. The summed E-state index contributed by atoms with van der Waals surface area (Å²) in [5.74, 6) is -2.02. The van der Waals surface area contributed by atoms with E-state index < -0.39 is 29.6 Å². The fourth-order valence-electron chi connectivity index (χ4n) is 2.36. The normalized spacial score (nSPS) is 12.5. The van der Waals surface area contributed by atoms with E-state index in [2.05, 4.69) is 5.32 Å². The molecule has 26 heavy (non-hydrogen) atoms. The lowest BCUT2D eigenvalue weighted by atomic mass is 10.1. The molecule has 3 nitrogen and oxygen atoms in total. The van der Waals surface area contributed by atoms with Crippen molar-refractivity contribution in [3.05, 3.63) is 65.5 Å². The van der Waals surface area contributed by atoms with Crippen molar-refractivity contribution in [2.75, 3.05) is 0 Å². The van der Waals surface area contributed by atoms with Crippen molar-refractivity contribution in [2.45, 2.75) is 38.6 Å². The van der Waals surface area contributed by atoms with Gasteiger partial charge in [0.15, 0.2) is 6.10 Å². The van der Waals surface area contributed by atoms with Gasteiger partial charge in [-0.3, -0.25) is 4.79 Å². The van der Waals surface area contributed by atoms with Gasteiger partial charge >= 0.3 is 6.18 Å². The molecule has 0 aliphatic rings. The molecular weight excluding hydrogens is 350 g/mol. The number of alkyl halides is 3. The molecule has 1 amide bonds. The lowest BCUT2D eigenvalue weighted by Crippen LogP contribution is -2.38. The van der Waals surface area contributed by atoms with Gasteiger partial charge in [-0.15, -0.1) is 0 Å². The van der Waals surface area contributed by atoms with Crippen molar-refractivity contribution in [1.82, 2.24) is 5.32 Å². The summed E-state index contributed by atoms with van der Waals surface area (Å²) in [7, 11) is 0. The molecular formula is C19H19F4NO2. The molecule has 0 saturated carbocycles. The molecule has 0 saturated heterocycles. The Morgan fingerprint density at radius 2 is 1.85 bits per heavy atom. The molecule has 7 heteroatoms. The van der Waals surface area contributed by atoms with Crippen LogP contribution in [0.4, 0.5) is 17.6 Å². The fourth-order valence-corrected chi connectivity index (χ4v) is 2.36. The van der Waals surface area contributed by atoms with Crippen LogP contribution in [0.25, 0.3) is 0 Å². The zero-order valence-electron chi connectivity index (χ0n) is 14.1. The van der Waals surface area contributed by atoms with Gasteiger partial charge in [0.05, 0.1) is 5.56 Å². The summed E-state index contributed by atoms with van der Waals surface area (Å²) in [6, 6.07) is 11.5. The maximum absolute atomic E-state index is 13.4. The number of hydrogen-bond donors (Lipinski definition) is 1. The topological polar surface area (TPSA) is 38.3 Å². The zero-order valence-corrected chi connectivity index (χ0v) is 14.1. The Hall–Kier alpha value is -2.57. The number of carbonyl (C=O) groups excluding carboxylic acids is 1. The van der Waals surface area contributed by atoms with Crippen LogP contribution in [0, 0.1) is 5.82 Å². The third kappa shape index (κ3) is 5.47. The smallest absolute Gasteiger partial charge is 0.419 e. The maximum Gasteiger partial charge on any atom is 0.419 e. The maximum atomic E-state index is 13.4. The minimum Gasteiger partial charge on any atom is -0.481 e. The first-order valence-electron chi connectivity index (χ1n) is 8.16. The van der Waals surface area contributed by atoms with Gasteiger partial charge in [0.25, 0.3) is 5.91 Å². The molecule has 0 radical (unpaired) electrons. The molecule has 2 rings (SSSR count). The molecule has 0 fully saturated rings. The van der Waals surface area contributed by atoms with Gasteiger partial charge in [0.2, 0.25) is 0 Å². The summed E-state index contributed by atoms with van der Waals surface area (Å²) in [5.41, 5.74) is -0.535. The third-order valence-corrected chi connectivity index (χ3v) is 3.67. The van der Waals surface area contributed by atoms with E-state index in [-0.39, 0.29) is 12.3 Å². The number of hydrogen-bond acceptors (Lipinski definition) is 2. The standard InChI is InChI=1S/C19H19F4NO2/c1-2-6-17(18(25)24-12-13-7-4-3-5-8-13)26-14-9-10-16(20)15(11-14)19(21,22)23/h3-5,7-11,17H,2,6,12H2,1H3,(H,24,25)/t17-/m0/s1. The van der Waals surface area contributed by atoms with Crippen LogP contribution < -0.4 is 10.1 Å². The van der Waals surface area contributed by atoms with Gasteiger partial charge in [0, 0.05) is 6.54 Å². The van der Waals surface area contributed by atoms with E-state index >= 15 is 0 Å². The summed E-state index contributed by atoms with van der Waals surface area (Å²) in [4.78, 5) is 12.3. The van der Waals surface area contributed by atoms with Gasteiger partial charge in [0.1, 0.15) is 11.6 Å². The molecule has 0 unspecified atom stereocenters. The summed E-state index contributed by atoms with van der Waals surface area (Å²) >= 11 is 0. The van der Waals surface area contributed by atoms with Crippen molar-refractivity contribution in [1.29, 1.82) is 0 Å². The minimum atomic E-state index is -4.83. The molecule has 1 N–H and O–H groups in total. The molecule has 0 aliphatic carbocycles. The first-order chi connectivity index (χ1) is 12.3. The summed E-state index contributed by atoms with van der Waals surface area (Å²) in [5, 5.41) is 2.70. The van der Waals surface area contributed by atoms with Crippen LogP contribution in [0.2, 0.25) is 0 Å². The van der Waals surface area contributed by atoms with E-state index in [1.54, 1.807) is 0 Å². The molecule has 0 aromatic heterocycles. The van der Waals surface area contributed by atoms with Crippen molar-refractivity contribution < 1.29 is 27.1 Å². The van der Waals surface area contributed by atoms with Crippen LogP contribution in [-0.2, 0) is 17.5 Å².